The highest BCUT2D eigenvalue weighted by atomic mass is 32.1. The van der Waals surface area contributed by atoms with Crippen molar-refractivity contribution in [3.8, 4) is 0 Å². The molecule has 3 heteroatoms. The highest BCUT2D eigenvalue weighted by Gasteiger charge is 2.28. The summed E-state index contributed by atoms with van der Waals surface area (Å²) >= 11 is 1.77. The van der Waals surface area contributed by atoms with Crippen LogP contribution in [0.4, 0.5) is 0 Å². The summed E-state index contributed by atoms with van der Waals surface area (Å²) in [7, 11) is 0. The number of fused-ring (bicyclic) bond motifs is 1. The molecule has 0 spiro atoms. The Hall–Kier alpha value is -1.19. The van der Waals surface area contributed by atoms with E-state index in [-0.39, 0.29) is 0 Å². The molecular formula is C16H20N2S. The van der Waals surface area contributed by atoms with E-state index in [4.69, 9.17) is 0 Å². The second-order valence-electron chi connectivity index (χ2n) is 5.25. The molecule has 0 aliphatic heterocycles. The molecule has 2 aromatic rings. The van der Waals surface area contributed by atoms with Gasteiger partial charge in [-0.15, -0.1) is 11.3 Å². The zero-order chi connectivity index (χ0) is 13.1. The maximum Gasteiger partial charge on any atom is 0.0794 e. The van der Waals surface area contributed by atoms with E-state index in [2.05, 4.69) is 41.5 Å². The quantitative estimate of drug-likeness (QED) is 0.862. The van der Waals surface area contributed by atoms with Crippen LogP contribution in [-0.4, -0.2) is 11.5 Å². The predicted octanol–water partition coefficient (Wildman–Crippen LogP) is 3.91. The summed E-state index contributed by atoms with van der Waals surface area (Å²) < 4.78 is 0. The number of benzene rings is 1. The molecule has 0 saturated heterocycles. The third-order valence-electron chi connectivity index (χ3n) is 3.92. The molecule has 1 aromatic carbocycles. The number of thiazole rings is 1. The lowest BCUT2D eigenvalue weighted by molar-refractivity contribution is 0.432. The Kier molecular flexibility index (Phi) is 3.95. The number of nitrogens with one attached hydrogen (secondary N) is 1. The lowest BCUT2D eigenvalue weighted by Crippen LogP contribution is -2.27. The summed E-state index contributed by atoms with van der Waals surface area (Å²) in [6.07, 6.45) is 5.62. The molecule has 2 atom stereocenters. The van der Waals surface area contributed by atoms with Crippen molar-refractivity contribution in [1.29, 1.82) is 0 Å². The van der Waals surface area contributed by atoms with Crippen molar-refractivity contribution >= 4 is 11.3 Å². The van der Waals surface area contributed by atoms with Gasteiger partial charge in [-0.1, -0.05) is 31.2 Å². The molecule has 2 nitrogen and oxygen atoms in total. The van der Waals surface area contributed by atoms with Gasteiger partial charge in [-0.3, -0.25) is 4.98 Å². The van der Waals surface area contributed by atoms with Crippen LogP contribution < -0.4 is 5.32 Å². The molecule has 1 heterocycles. The first-order chi connectivity index (χ1) is 9.38. The van der Waals surface area contributed by atoms with Crippen molar-refractivity contribution in [3.63, 3.8) is 0 Å². The Morgan fingerprint density at radius 1 is 1.42 bits per heavy atom. The fourth-order valence-electron chi connectivity index (χ4n) is 2.87. The first-order valence-electron chi connectivity index (χ1n) is 7.08. The molecule has 0 radical (unpaired) electrons. The Morgan fingerprint density at radius 2 is 2.32 bits per heavy atom. The molecule has 1 aliphatic carbocycles. The Balaban J connectivity index is 1.69. The van der Waals surface area contributed by atoms with Gasteiger partial charge in [-0.25, -0.2) is 0 Å². The maximum absolute atomic E-state index is 4.23. The van der Waals surface area contributed by atoms with Gasteiger partial charge in [0.05, 0.1) is 5.51 Å². The maximum atomic E-state index is 4.23. The van der Waals surface area contributed by atoms with E-state index in [0.717, 1.165) is 6.54 Å². The fraction of sp³-hybridized carbons (Fsp3) is 0.438. The molecule has 1 aliphatic rings. The van der Waals surface area contributed by atoms with Crippen molar-refractivity contribution in [2.45, 2.75) is 38.1 Å². The Morgan fingerprint density at radius 3 is 3.05 bits per heavy atom. The summed E-state index contributed by atoms with van der Waals surface area (Å²) in [6, 6.07) is 9.31. The van der Waals surface area contributed by atoms with E-state index < -0.39 is 0 Å². The Bertz CT molecular complexity index is 521. The smallest absolute Gasteiger partial charge is 0.0794 e. The van der Waals surface area contributed by atoms with Gasteiger partial charge in [-0.05, 0) is 42.9 Å². The second-order valence-corrected chi connectivity index (χ2v) is 6.16. The summed E-state index contributed by atoms with van der Waals surface area (Å²) in [5, 5.41) is 3.67. The van der Waals surface area contributed by atoms with Crippen LogP contribution in [0.15, 0.2) is 36.0 Å². The van der Waals surface area contributed by atoms with Crippen LogP contribution in [0.3, 0.4) is 0 Å². The van der Waals surface area contributed by atoms with Crippen LogP contribution in [0, 0.1) is 0 Å². The van der Waals surface area contributed by atoms with Gasteiger partial charge >= 0.3 is 0 Å². The number of rotatable bonds is 6. The molecule has 19 heavy (non-hydrogen) atoms. The average molecular weight is 272 g/mol. The van der Waals surface area contributed by atoms with Crippen LogP contribution in [0.25, 0.3) is 0 Å². The van der Waals surface area contributed by atoms with E-state index in [9.17, 15) is 0 Å². The van der Waals surface area contributed by atoms with Gasteiger partial charge in [0.25, 0.3) is 0 Å². The highest BCUT2D eigenvalue weighted by molar-refractivity contribution is 7.09. The number of hydrogen-bond donors (Lipinski definition) is 1. The van der Waals surface area contributed by atoms with Crippen LogP contribution in [0.2, 0.25) is 0 Å². The SMILES string of the molecule is CCCNC(CC1Cc2ccccc21)c1cncs1. The molecule has 0 amide bonds. The van der Waals surface area contributed by atoms with Crippen molar-refractivity contribution in [1.82, 2.24) is 10.3 Å². The lowest BCUT2D eigenvalue weighted by Gasteiger charge is -2.33. The first-order valence-corrected chi connectivity index (χ1v) is 7.96. The number of nitrogens with zero attached hydrogens (tertiary/aromatic N) is 1. The molecule has 1 aromatic heterocycles. The Labute approximate surface area is 118 Å². The zero-order valence-electron chi connectivity index (χ0n) is 11.3. The minimum absolute atomic E-state index is 0.464. The molecule has 100 valence electrons. The van der Waals surface area contributed by atoms with Gasteiger partial charge in [0.1, 0.15) is 0 Å². The topological polar surface area (TPSA) is 24.9 Å². The van der Waals surface area contributed by atoms with Crippen LogP contribution in [-0.2, 0) is 6.42 Å². The second kappa shape index (κ2) is 5.85. The predicted molar refractivity (Wildman–Crippen MR) is 80.7 cm³/mol. The van der Waals surface area contributed by atoms with E-state index >= 15 is 0 Å². The lowest BCUT2D eigenvalue weighted by atomic mass is 9.74. The van der Waals surface area contributed by atoms with E-state index in [0.29, 0.717) is 12.0 Å². The van der Waals surface area contributed by atoms with Gasteiger partial charge in [0.15, 0.2) is 0 Å². The summed E-state index contributed by atoms with van der Waals surface area (Å²) in [5.74, 6) is 0.715. The van der Waals surface area contributed by atoms with Crippen LogP contribution >= 0.6 is 11.3 Å². The zero-order valence-corrected chi connectivity index (χ0v) is 12.1. The van der Waals surface area contributed by atoms with E-state index in [1.54, 1.807) is 16.9 Å². The standard InChI is InChI=1S/C16H20N2S/c1-2-7-18-15(16-10-17-11-19-16)9-13-8-12-5-3-4-6-14(12)13/h3-6,10-11,13,15,18H,2,7-9H2,1H3. The van der Waals surface area contributed by atoms with Crippen LogP contribution in [0.1, 0.15) is 47.7 Å². The third kappa shape index (κ3) is 2.72. The average Bonchev–Trinajstić information content (AvgIpc) is 2.93. The monoisotopic (exact) mass is 272 g/mol. The molecule has 0 bridgehead atoms. The molecule has 3 rings (SSSR count). The molecule has 0 saturated carbocycles. The number of aromatic nitrogens is 1. The number of hydrogen-bond acceptors (Lipinski definition) is 3. The van der Waals surface area contributed by atoms with Gasteiger partial charge < -0.3 is 5.32 Å². The summed E-state index contributed by atoms with van der Waals surface area (Å²) in [4.78, 5) is 5.60. The minimum Gasteiger partial charge on any atom is -0.309 e. The van der Waals surface area contributed by atoms with Gasteiger partial charge in [-0.2, -0.15) is 0 Å². The molecule has 2 unspecified atom stereocenters. The minimum atomic E-state index is 0.464. The van der Waals surface area contributed by atoms with E-state index in [1.165, 1.54) is 29.7 Å². The van der Waals surface area contributed by atoms with Gasteiger partial charge in [0, 0.05) is 17.1 Å². The van der Waals surface area contributed by atoms with Crippen molar-refractivity contribution in [3.05, 3.63) is 52.0 Å². The van der Waals surface area contributed by atoms with E-state index in [1.807, 2.05) is 11.7 Å². The molecular weight excluding hydrogens is 252 g/mol. The van der Waals surface area contributed by atoms with Crippen molar-refractivity contribution < 1.29 is 0 Å². The summed E-state index contributed by atoms with van der Waals surface area (Å²) in [5.41, 5.74) is 5.02. The van der Waals surface area contributed by atoms with Gasteiger partial charge in [0.2, 0.25) is 0 Å². The highest BCUT2D eigenvalue weighted by Crippen LogP contribution is 2.41. The molecule has 0 fully saturated rings. The first kappa shape index (κ1) is 12.8. The third-order valence-corrected chi connectivity index (χ3v) is 4.81. The normalized spacial score (nSPS) is 18.7. The van der Waals surface area contributed by atoms with Crippen LogP contribution in [0.5, 0.6) is 0 Å². The van der Waals surface area contributed by atoms with Crippen molar-refractivity contribution in [2.24, 2.45) is 0 Å². The molecule has 1 N–H and O–H groups in total. The fourth-order valence-corrected chi connectivity index (χ4v) is 3.58. The largest absolute Gasteiger partial charge is 0.309 e. The summed E-state index contributed by atoms with van der Waals surface area (Å²) in [6.45, 7) is 3.30. The van der Waals surface area contributed by atoms with Crippen molar-refractivity contribution in [2.75, 3.05) is 6.54 Å².